The largest absolute Gasteiger partial charge is 0.476 e. The number of hydrogen-bond acceptors (Lipinski definition) is 2. The van der Waals surface area contributed by atoms with Gasteiger partial charge in [0.05, 0.1) is 17.6 Å². The summed E-state index contributed by atoms with van der Waals surface area (Å²) in [6, 6.07) is 5.25. The smallest absolute Gasteiger partial charge is 0.364 e. The number of aryl methyl sites for hydroxylation is 1. The van der Waals surface area contributed by atoms with Crippen molar-refractivity contribution in [2.45, 2.75) is 6.92 Å². The molecule has 2 rings (SSSR count). The average Bonchev–Trinajstić information content (AvgIpc) is 2.65. The number of fused-ring (bicyclic) bond motifs is 1. The Morgan fingerprint density at radius 3 is 2.94 bits per heavy atom. The van der Waals surface area contributed by atoms with E-state index in [1.165, 1.54) is 0 Å². The number of carboxylic acids is 1. The third-order valence-electron chi connectivity index (χ3n) is 2.47. The summed E-state index contributed by atoms with van der Waals surface area (Å²) in [7, 11) is 0. The molecule has 18 heavy (non-hydrogen) atoms. The van der Waals surface area contributed by atoms with Crippen LogP contribution >= 0.6 is 28.4 Å². The normalized spacial score (nSPS) is 12.7. The van der Waals surface area contributed by atoms with Crippen LogP contribution in [0.3, 0.4) is 0 Å². The van der Waals surface area contributed by atoms with Gasteiger partial charge >= 0.3 is 5.97 Å². The first-order valence-electron chi connectivity index (χ1n) is 4.99. The summed E-state index contributed by atoms with van der Waals surface area (Å²) >= 11 is 2.21. The lowest BCUT2D eigenvalue weighted by Crippen LogP contribution is -1.94. The zero-order valence-electron chi connectivity index (χ0n) is 9.32. The van der Waals surface area contributed by atoms with Crippen molar-refractivity contribution in [3.8, 4) is 0 Å². The van der Waals surface area contributed by atoms with E-state index in [0.29, 0.717) is 11.9 Å². The molecule has 0 aliphatic rings. The van der Waals surface area contributed by atoms with Gasteiger partial charge in [-0.2, -0.15) is 9.49 Å². The molecule has 1 atom stereocenters. The van der Waals surface area contributed by atoms with E-state index in [1.54, 1.807) is 12.1 Å². The minimum absolute atomic E-state index is 0.437. The summed E-state index contributed by atoms with van der Waals surface area (Å²) in [4.78, 5) is 10.4. The van der Waals surface area contributed by atoms with Crippen LogP contribution in [0.2, 0.25) is 0 Å². The predicted molar refractivity (Wildman–Crippen MR) is 78.9 cm³/mol. The molecule has 1 unspecified atom stereocenters. The number of nitrogens with zero attached hydrogens (tertiary/aromatic N) is 2. The van der Waals surface area contributed by atoms with Crippen LogP contribution in [0.4, 0.5) is 4.39 Å². The van der Waals surface area contributed by atoms with Gasteiger partial charge in [-0.05, 0) is 46.7 Å². The van der Waals surface area contributed by atoms with Gasteiger partial charge < -0.3 is 5.11 Å². The number of benzene rings is 1. The molecular weight excluding hydrogens is 369 g/mol. The predicted octanol–water partition coefficient (Wildman–Crippen LogP) is 3.53. The summed E-state index contributed by atoms with van der Waals surface area (Å²) in [5.41, 5.74) is 2.30. The number of rotatable bonds is 3. The SMILES string of the molecule is Cc1nn(PI)c2cc(/C=C(\F)C(=O)O)ccc12. The third-order valence-corrected chi connectivity index (χ3v) is 4.34. The van der Waals surface area contributed by atoms with Crippen molar-refractivity contribution in [3.05, 3.63) is 35.3 Å². The summed E-state index contributed by atoms with van der Waals surface area (Å²) in [6.07, 6.45) is 1.44. The molecule has 7 heteroatoms. The van der Waals surface area contributed by atoms with E-state index in [1.807, 2.05) is 17.4 Å². The Morgan fingerprint density at radius 1 is 1.61 bits per heavy atom. The number of carboxylic acid groups (broad SMARTS) is 1. The Kier molecular flexibility index (Phi) is 3.97. The van der Waals surface area contributed by atoms with Gasteiger partial charge in [0.1, 0.15) is 0 Å². The lowest BCUT2D eigenvalue weighted by molar-refractivity contribution is -0.134. The molecule has 2 aromatic rings. The van der Waals surface area contributed by atoms with Crippen molar-refractivity contribution in [2.24, 2.45) is 0 Å². The number of carbonyl (C=O) groups is 1. The molecule has 0 spiro atoms. The van der Waals surface area contributed by atoms with Crippen molar-refractivity contribution in [3.63, 3.8) is 0 Å². The zero-order chi connectivity index (χ0) is 13.3. The molecule has 0 bridgehead atoms. The highest BCUT2D eigenvalue weighted by Crippen LogP contribution is 2.31. The lowest BCUT2D eigenvalue weighted by atomic mass is 10.1. The summed E-state index contributed by atoms with van der Waals surface area (Å²) < 4.78 is 14.9. The van der Waals surface area contributed by atoms with Gasteiger partial charge in [0, 0.05) is 5.39 Å². The Morgan fingerprint density at radius 2 is 2.33 bits per heavy atom. The van der Waals surface area contributed by atoms with E-state index >= 15 is 0 Å². The molecule has 1 N–H and O–H groups in total. The van der Waals surface area contributed by atoms with Gasteiger partial charge in [-0.1, -0.05) is 12.1 Å². The second-order valence-electron chi connectivity index (χ2n) is 3.66. The van der Waals surface area contributed by atoms with E-state index in [-0.39, 0.29) is 0 Å². The van der Waals surface area contributed by atoms with Gasteiger partial charge in [-0.15, -0.1) is 0 Å². The summed E-state index contributed by atoms with van der Waals surface area (Å²) in [6.45, 7) is 1.91. The van der Waals surface area contributed by atoms with Crippen LogP contribution in [0.1, 0.15) is 11.3 Å². The van der Waals surface area contributed by atoms with Crippen molar-refractivity contribution < 1.29 is 14.3 Å². The molecule has 1 heterocycles. The van der Waals surface area contributed by atoms with Crippen LogP contribution in [-0.2, 0) is 4.79 Å². The fourth-order valence-corrected chi connectivity index (χ4v) is 3.22. The maximum atomic E-state index is 13.0. The average molecular weight is 378 g/mol. The maximum absolute atomic E-state index is 13.0. The maximum Gasteiger partial charge on any atom is 0.364 e. The van der Waals surface area contributed by atoms with Crippen LogP contribution in [0.25, 0.3) is 17.0 Å². The van der Waals surface area contributed by atoms with Crippen LogP contribution in [0.5, 0.6) is 0 Å². The van der Waals surface area contributed by atoms with Crippen molar-refractivity contribution in [1.29, 1.82) is 0 Å². The van der Waals surface area contributed by atoms with E-state index in [0.717, 1.165) is 22.7 Å². The van der Waals surface area contributed by atoms with E-state index in [4.69, 9.17) is 5.11 Å². The molecular formula is C11H9FIN2O2P. The van der Waals surface area contributed by atoms with Gasteiger partial charge in [0.25, 0.3) is 0 Å². The highest BCUT2D eigenvalue weighted by atomic mass is 127. The van der Waals surface area contributed by atoms with Gasteiger partial charge in [0.15, 0.2) is 0 Å². The van der Waals surface area contributed by atoms with Gasteiger partial charge in [-0.25, -0.2) is 9.25 Å². The van der Waals surface area contributed by atoms with E-state index in [9.17, 15) is 9.18 Å². The van der Waals surface area contributed by atoms with Crippen LogP contribution < -0.4 is 0 Å². The molecule has 0 saturated heterocycles. The molecule has 0 fully saturated rings. The van der Waals surface area contributed by atoms with Crippen molar-refractivity contribution in [2.75, 3.05) is 0 Å². The third kappa shape index (κ3) is 2.54. The number of aliphatic carboxylic acids is 1. The van der Waals surface area contributed by atoms with Crippen LogP contribution in [0.15, 0.2) is 24.0 Å². The Bertz CT molecular complexity index is 654. The van der Waals surface area contributed by atoms with E-state index in [2.05, 4.69) is 27.1 Å². The van der Waals surface area contributed by atoms with Gasteiger partial charge in [0.2, 0.25) is 5.83 Å². The molecule has 1 aromatic carbocycles. The van der Waals surface area contributed by atoms with Crippen molar-refractivity contribution >= 4 is 51.4 Å². The first-order valence-corrected chi connectivity index (χ1v) is 9.05. The zero-order valence-corrected chi connectivity index (χ0v) is 12.5. The summed E-state index contributed by atoms with van der Waals surface area (Å²) in [5.74, 6) is -2.73. The minimum Gasteiger partial charge on any atom is -0.476 e. The van der Waals surface area contributed by atoms with E-state index < -0.39 is 11.8 Å². The second-order valence-corrected chi connectivity index (χ2v) is 5.70. The minimum atomic E-state index is -1.56. The molecule has 0 saturated carbocycles. The van der Waals surface area contributed by atoms with Crippen LogP contribution in [0, 0.1) is 6.92 Å². The Hall–Kier alpha value is -1.01. The number of halogens is 2. The fraction of sp³-hybridized carbons (Fsp3) is 0.0909. The number of aromatic nitrogens is 2. The van der Waals surface area contributed by atoms with Crippen LogP contribution in [-0.4, -0.2) is 20.6 Å². The topological polar surface area (TPSA) is 55.1 Å². The first kappa shape index (κ1) is 13.4. The quantitative estimate of drug-likeness (QED) is 0.505. The Balaban J connectivity index is 2.56. The molecule has 0 amide bonds. The highest BCUT2D eigenvalue weighted by Gasteiger charge is 2.09. The number of hydrogen-bond donors (Lipinski definition) is 1. The highest BCUT2D eigenvalue weighted by molar-refractivity contribution is 14.2. The van der Waals surface area contributed by atoms with Gasteiger partial charge in [-0.3, -0.25) is 0 Å². The second kappa shape index (κ2) is 5.32. The molecule has 0 radical (unpaired) electrons. The first-order chi connectivity index (χ1) is 8.52. The summed E-state index contributed by atoms with van der Waals surface area (Å²) in [5, 5.41) is 13.8. The lowest BCUT2D eigenvalue weighted by Gasteiger charge is -1.99. The molecule has 4 nitrogen and oxygen atoms in total. The monoisotopic (exact) mass is 378 g/mol. The molecule has 0 aliphatic carbocycles. The fourth-order valence-electron chi connectivity index (χ4n) is 1.65. The van der Waals surface area contributed by atoms with Crippen molar-refractivity contribution in [1.82, 2.24) is 9.55 Å². The Labute approximate surface area is 117 Å². The molecule has 1 aromatic heterocycles. The standard InChI is InChI=1S/C11H9FIN2O2P/c1-6-8-3-2-7(4-9(12)11(16)17)5-10(8)15(14-6)18-13/h2-5,18H,1H3,(H,16,17)/b9-4-. The molecule has 0 aliphatic heterocycles. The molecule has 94 valence electrons.